The Labute approximate surface area is 103 Å². The summed E-state index contributed by atoms with van der Waals surface area (Å²) in [4.78, 5) is 0. The number of nitrogens with one attached hydrogen (secondary N) is 1. The van der Waals surface area contributed by atoms with Crippen LogP contribution in [-0.2, 0) is 14.9 Å². The van der Waals surface area contributed by atoms with Gasteiger partial charge in [-0.15, -0.1) is 0 Å². The van der Waals surface area contributed by atoms with Crippen molar-refractivity contribution in [2.75, 3.05) is 19.7 Å². The summed E-state index contributed by atoms with van der Waals surface area (Å²) in [5.74, 6) is 0. The normalized spacial score (nSPS) is 29.2. The average Bonchev–Trinajstić information content (AvgIpc) is 2.24. The Kier molecular flexibility index (Phi) is 5.33. The molecule has 0 spiro atoms. The molecule has 0 amide bonds. The number of hydrogen-bond acceptors (Lipinski definition) is 4. The smallest absolute Gasteiger partial charge is 0.279 e. The van der Waals surface area contributed by atoms with Gasteiger partial charge >= 0.3 is 0 Å². The van der Waals surface area contributed by atoms with Crippen LogP contribution in [0.25, 0.3) is 0 Å². The van der Waals surface area contributed by atoms with Crippen molar-refractivity contribution >= 4 is 10.2 Å². The Morgan fingerprint density at radius 2 is 1.94 bits per heavy atom. The standard InChI is InChI=1S/C10H22N2O4S/c1-4-10(7-13)11-17(14,15)12-5-8(2)16-9(3)6-12/h8-11,13H,4-7H2,1-3H3/t8?,9?,10-/m1/s1. The number of aliphatic hydroxyl groups is 1. The Morgan fingerprint density at radius 3 is 2.35 bits per heavy atom. The van der Waals surface area contributed by atoms with Gasteiger partial charge in [-0.2, -0.15) is 17.4 Å². The first kappa shape index (κ1) is 14.8. The van der Waals surface area contributed by atoms with Gasteiger partial charge in [0, 0.05) is 19.1 Å². The van der Waals surface area contributed by atoms with Crippen molar-refractivity contribution in [1.29, 1.82) is 0 Å². The van der Waals surface area contributed by atoms with Crippen LogP contribution in [0, 0.1) is 0 Å². The summed E-state index contributed by atoms with van der Waals surface area (Å²) in [6, 6.07) is -0.423. The highest BCUT2D eigenvalue weighted by molar-refractivity contribution is 7.87. The molecule has 0 aliphatic carbocycles. The Bertz CT molecular complexity index is 319. The van der Waals surface area contributed by atoms with Gasteiger partial charge < -0.3 is 9.84 Å². The lowest BCUT2D eigenvalue weighted by atomic mass is 10.3. The van der Waals surface area contributed by atoms with E-state index in [1.54, 1.807) is 0 Å². The first-order chi connectivity index (χ1) is 7.89. The maximum Gasteiger partial charge on any atom is 0.279 e. The molecular weight excluding hydrogens is 244 g/mol. The SMILES string of the molecule is CC[C@H](CO)NS(=O)(=O)N1CC(C)OC(C)C1. The van der Waals surface area contributed by atoms with E-state index in [9.17, 15) is 8.42 Å². The van der Waals surface area contributed by atoms with Crippen LogP contribution >= 0.6 is 0 Å². The molecule has 2 unspecified atom stereocenters. The predicted octanol–water partition coefficient (Wildman–Crippen LogP) is -0.299. The van der Waals surface area contributed by atoms with Gasteiger partial charge in [-0.1, -0.05) is 6.92 Å². The molecule has 1 rings (SSSR count). The third-order valence-corrected chi connectivity index (χ3v) is 4.36. The topological polar surface area (TPSA) is 78.9 Å². The van der Waals surface area contributed by atoms with Crippen molar-refractivity contribution in [3.8, 4) is 0 Å². The molecular formula is C10H22N2O4S. The fraction of sp³-hybridized carbons (Fsp3) is 1.00. The van der Waals surface area contributed by atoms with Gasteiger partial charge in [0.1, 0.15) is 0 Å². The number of rotatable bonds is 5. The number of ether oxygens (including phenoxy) is 1. The lowest BCUT2D eigenvalue weighted by Gasteiger charge is -2.35. The lowest BCUT2D eigenvalue weighted by molar-refractivity contribution is -0.0445. The van der Waals surface area contributed by atoms with Gasteiger partial charge in [0.15, 0.2) is 0 Å². The van der Waals surface area contributed by atoms with Gasteiger partial charge in [0.25, 0.3) is 10.2 Å². The summed E-state index contributed by atoms with van der Waals surface area (Å²) >= 11 is 0. The minimum absolute atomic E-state index is 0.107. The molecule has 0 saturated carbocycles. The molecule has 102 valence electrons. The Balaban J connectivity index is 2.69. The van der Waals surface area contributed by atoms with Crippen LogP contribution in [0.3, 0.4) is 0 Å². The summed E-state index contributed by atoms with van der Waals surface area (Å²) < 4.78 is 33.5. The van der Waals surface area contributed by atoms with Crippen LogP contribution in [0.1, 0.15) is 27.2 Å². The highest BCUT2D eigenvalue weighted by atomic mass is 32.2. The quantitative estimate of drug-likeness (QED) is 0.716. The van der Waals surface area contributed by atoms with E-state index in [1.807, 2.05) is 20.8 Å². The lowest BCUT2D eigenvalue weighted by Crippen LogP contribution is -2.54. The average molecular weight is 266 g/mol. The van der Waals surface area contributed by atoms with E-state index in [0.717, 1.165) is 0 Å². The molecule has 2 N–H and O–H groups in total. The van der Waals surface area contributed by atoms with E-state index in [1.165, 1.54) is 4.31 Å². The van der Waals surface area contributed by atoms with E-state index in [2.05, 4.69) is 4.72 Å². The largest absolute Gasteiger partial charge is 0.395 e. The molecule has 7 heteroatoms. The highest BCUT2D eigenvalue weighted by Crippen LogP contribution is 2.14. The van der Waals surface area contributed by atoms with Gasteiger partial charge in [0.2, 0.25) is 0 Å². The van der Waals surface area contributed by atoms with E-state index in [-0.39, 0.29) is 18.8 Å². The van der Waals surface area contributed by atoms with Crippen molar-refractivity contribution < 1.29 is 18.3 Å². The molecule has 3 atom stereocenters. The molecule has 0 bridgehead atoms. The number of nitrogens with zero attached hydrogens (tertiary/aromatic N) is 1. The molecule has 17 heavy (non-hydrogen) atoms. The van der Waals surface area contributed by atoms with E-state index in [0.29, 0.717) is 19.5 Å². The van der Waals surface area contributed by atoms with Gasteiger partial charge in [0.05, 0.1) is 18.8 Å². The molecule has 0 aromatic carbocycles. The van der Waals surface area contributed by atoms with Crippen molar-refractivity contribution in [3.63, 3.8) is 0 Å². The Morgan fingerprint density at radius 1 is 1.41 bits per heavy atom. The third kappa shape index (κ3) is 4.18. The first-order valence-corrected chi connectivity index (χ1v) is 7.36. The van der Waals surface area contributed by atoms with Crippen molar-refractivity contribution in [2.24, 2.45) is 0 Å². The zero-order valence-corrected chi connectivity index (χ0v) is 11.4. The van der Waals surface area contributed by atoms with Crippen molar-refractivity contribution in [3.05, 3.63) is 0 Å². The summed E-state index contributed by atoms with van der Waals surface area (Å²) in [6.45, 7) is 6.03. The number of aliphatic hydroxyl groups excluding tert-OH is 1. The van der Waals surface area contributed by atoms with Gasteiger partial charge in [-0.05, 0) is 20.3 Å². The molecule has 1 aliphatic rings. The van der Waals surface area contributed by atoms with Crippen LogP contribution in [-0.4, -0.2) is 55.8 Å². The Hall–Kier alpha value is -0.210. The van der Waals surface area contributed by atoms with Gasteiger partial charge in [-0.3, -0.25) is 0 Å². The summed E-state index contributed by atoms with van der Waals surface area (Å²) in [6.07, 6.45) is 0.347. The third-order valence-electron chi connectivity index (χ3n) is 2.75. The number of morpholine rings is 1. The van der Waals surface area contributed by atoms with Crippen LogP contribution in [0.4, 0.5) is 0 Å². The van der Waals surface area contributed by atoms with Crippen LogP contribution in [0.2, 0.25) is 0 Å². The van der Waals surface area contributed by atoms with E-state index >= 15 is 0 Å². The fourth-order valence-corrected chi connectivity index (χ4v) is 3.49. The van der Waals surface area contributed by atoms with E-state index < -0.39 is 16.3 Å². The zero-order chi connectivity index (χ0) is 13.1. The summed E-state index contributed by atoms with van der Waals surface area (Å²) in [7, 11) is -3.53. The molecule has 1 aliphatic heterocycles. The molecule has 1 heterocycles. The maximum absolute atomic E-state index is 12.1. The molecule has 1 fully saturated rings. The number of hydrogen-bond donors (Lipinski definition) is 2. The molecule has 6 nitrogen and oxygen atoms in total. The van der Waals surface area contributed by atoms with Crippen LogP contribution in [0.5, 0.6) is 0 Å². The predicted molar refractivity (Wildman–Crippen MR) is 64.8 cm³/mol. The van der Waals surface area contributed by atoms with E-state index in [4.69, 9.17) is 9.84 Å². The van der Waals surface area contributed by atoms with Crippen LogP contribution < -0.4 is 4.72 Å². The second-order valence-corrected chi connectivity index (χ2v) is 6.19. The van der Waals surface area contributed by atoms with Crippen molar-refractivity contribution in [2.45, 2.75) is 45.4 Å². The zero-order valence-electron chi connectivity index (χ0n) is 10.6. The van der Waals surface area contributed by atoms with Crippen LogP contribution in [0.15, 0.2) is 0 Å². The monoisotopic (exact) mass is 266 g/mol. The minimum Gasteiger partial charge on any atom is -0.395 e. The second-order valence-electron chi connectivity index (χ2n) is 4.48. The molecule has 0 radical (unpaired) electrons. The van der Waals surface area contributed by atoms with Crippen molar-refractivity contribution in [1.82, 2.24) is 9.03 Å². The second kappa shape index (κ2) is 6.10. The molecule has 0 aromatic rings. The molecule has 0 aromatic heterocycles. The van der Waals surface area contributed by atoms with Gasteiger partial charge in [-0.25, -0.2) is 0 Å². The molecule has 1 saturated heterocycles. The summed E-state index contributed by atoms with van der Waals surface area (Å²) in [5, 5.41) is 9.02. The minimum atomic E-state index is -3.53. The maximum atomic E-state index is 12.1. The fourth-order valence-electron chi connectivity index (χ4n) is 1.86. The highest BCUT2D eigenvalue weighted by Gasteiger charge is 2.31. The first-order valence-electron chi connectivity index (χ1n) is 5.92. The summed E-state index contributed by atoms with van der Waals surface area (Å²) in [5.41, 5.74) is 0.